The first-order valence-corrected chi connectivity index (χ1v) is 9.15. The van der Waals surface area contributed by atoms with E-state index in [9.17, 15) is 4.79 Å². The Morgan fingerprint density at radius 2 is 1.95 bits per heavy atom. The highest BCUT2D eigenvalue weighted by molar-refractivity contribution is 7.99. The van der Waals surface area contributed by atoms with E-state index in [1.165, 1.54) is 24.8 Å². The lowest BCUT2D eigenvalue weighted by atomic mass is 9.99. The Bertz CT molecular complexity index is 393. The molecule has 0 aliphatic rings. The summed E-state index contributed by atoms with van der Waals surface area (Å²) in [7, 11) is 0. The van der Waals surface area contributed by atoms with Crippen molar-refractivity contribution >= 4 is 17.7 Å². The van der Waals surface area contributed by atoms with Crippen LogP contribution in [-0.4, -0.2) is 17.7 Å². The summed E-state index contributed by atoms with van der Waals surface area (Å²) in [5, 5.41) is 3.13. The van der Waals surface area contributed by atoms with Gasteiger partial charge >= 0.3 is 0 Å². The highest BCUT2D eigenvalue weighted by Gasteiger charge is 2.15. The number of amides is 1. The monoisotopic (exact) mass is 307 g/mol. The van der Waals surface area contributed by atoms with Crippen LogP contribution in [0.5, 0.6) is 0 Å². The van der Waals surface area contributed by atoms with Crippen molar-refractivity contribution in [3.05, 3.63) is 35.9 Å². The fourth-order valence-electron chi connectivity index (χ4n) is 2.20. The molecular formula is C18H29NOS. The molecule has 0 radical (unpaired) electrons. The Morgan fingerprint density at radius 1 is 1.24 bits per heavy atom. The Morgan fingerprint density at radius 3 is 2.57 bits per heavy atom. The number of unbranched alkanes of at least 4 members (excludes halogenated alkanes) is 1. The van der Waals surface area contributed by atoms with Crippen molar-refractivity contribution < 1.29 is 4.79 Å². The van der Waals surface area contributed by atoms with Gasteiger partial charge in [0.15, 0.2) is 0 Å². The second-order valence-corrected chi connectivity index (χ2v) is 6.93. The molecule has 3 heteroatoms. The molecule has 0 aliphatic heterocycles. The van der Waals surface area contributed by atoms with Crippen LogP contribution < -0.4 is 5.32 Å². The van der Waals surface area contributed by atoms with Crippen LogP contribution in [0.2, 0.25) is 0 Å². The molecule has 0 saturated heterocycles. The Labute approximate surface area is 134 Å². The minimum atomic E-state index is 0.00823. The quantitative estimate of drug-likeness (QED) is 0.682. The molecule has 118 valence electrons. The first-order valence-electron chi connectivity index (χ1n) is 8.10. The summed E-state index contributed by atoms with van der Waals surface area (Å²) in [6.07, 6.45) is 4.85. The van der Waals surface area contributed by atoms with Gasteiger partial charge in [-0.2, -0.15) is 0 Å². The number of carbonyl (C=O) groups excluding carboxylic acids is 1. The summed E-state index contributed by atoms with van der Waals surface area (Å²) in [5.41, 5.74) is 1.27. The average molecular weight is 308 g/mol. The van der Waals surface area contributed by atoms with Crippen LogP contribution in [-0.2, 0) is 10.5 Å². The molecule has 0 aliphatic carbocycles. The lowest BCUT2D eigenvalue weighted by Gasteiger charge is -2.17. The number of rotatable bonds is 10. The molecule has 21 heavy (non-hydrogen) atoms. The summed E-state index contributed by atoms with van der Waals surface area (Å²) < 4.78 is 0. The Balaban J connectivity index is 2.27. The Hall–Kier alpha value is -0.960. The zero-order valence-corrected chi connectivity index (χ0v) is 14.4. The van der Waals surface area contributed by atoms with Crippen molar-refractivity contribution in [2.45, 2.75) is 57.5 Å². The highest BCUT2D eigenvalue weighted by Crippen LogP contribution is 2.18. The third kappa shape index (κ3) is 7.56. The van der Waals surface area contributed by atoms with Gasteiger partial charge in [-0.05, 0) is 24.8 Å². The number of benzene rings is 1. The first-order chi connectivity index (χ1) is 10.2. The minimum Gasteiger partial charge on any atom is -0.355 e. The van der Waals surface area contributed by atoms with Crippen molar-refractivity contribution in [1.29, 1.82) is 0 Å². The molecule has 1 aromatic rings. The van der Waals surface area contributed by atoms with Crippen LogP contribution in [0.1, 0.15) is 52.0 Å². The predicted molar refractivity (Wildman–Crippen MR) is 93.5 cm³/mol. The molecule has 0 bridgehead atoms. The van der Waals surface area contributed by atoms with E-state index in [1.807, 2.05) is 25.1 Å². The summed E-state index contributed by atoms with van der Waals surface area (Å²) in [6, 6.07) is 10.3. The predicted octanol–water partition coefficient (Wildman–Crippen LogP) is 4.64. The summed E-state index contributed by atoms with van der Waals surface area (Å²) in [6.45, 7) is 7.25. The van der Waals surface area contributed by atoms with E-state index in [4.69, 9.17) is 0 Å². The SMILES string of the molecule is CCCC[C@H](CC)CNC(=O)[C@H](C)SCc1ccccc1. The normalized spacial score (nSPS) is 13.7. The zero-order chi connectivity index (χ0) is 15.5. The van der Waals surface area contributed by atoms with Gasteiger partial charge in [0.1, 0.15) is 0 Å². The van der Waals surface area contributed by atoms with Crippen LogP contribution in [0.15, 0.2) is 30.3 Å². The molecule has 0 spiro atoms. The smallest absolute Gasteiger partial charge is 0.232 e. The highest BCUT2D eigenvalue weighted by atomic mass is 32.2. The number of carbonyl (C=O) groups is 1. The molecule has 0 heterocycles. The zero-order valence-electron chi connectivity index (χ0n) is 13.6. The third-order valence-corrected chi connectivity index (χ3v) is 5.03. The summed E-state index contributed by atoms with van der Waals surface area (Å²) in [5.74, 6) is 1.69. The lowest BCUT2D eigenvalue weighted by molar-refractivity contribution is -0.120. The molecule has 1 rings (SSSR count). The van der Waals surface area contributed by atoms with Gasteiger partial charge in [0.05, 0.1) is 5.25 Å². The maximum absolute atomic E-state index is 12.1. The van der Waals surface area contributed by atoms with Gasteiger partial charge in [-0.1, -0.05) is 63.4 Å². The molecule has 1 N–H and O–H groups in total. The Kier molecular flexibility index (Phi) is 9.24. The van der Waals surface area contributed by atoms with Crippen molar-refractivity contribution in [2.24, 2.45) is 5.92 Å². The number of hydrogen-bond donors (Lipinski definition) is 1. The molecule has 2 nitrogen and oxygen atoms in total. The van der Waals surface area contributed by atoms with E-state index in [1.54, 1.807) is 11.8 Å². The molecule has 0 unspecified atom stereocenters. The molecule has 0 fully saturated rings. The molecule has 1 aromatic carbocycles. The fourth-order valence-corrected chi connectivity index (χ4v) is 3.07. The van der Waals surface area contributed by atoms with Gasteiger partial charge in [0, 0.05) is 12.3 Å². The van der Waals surface area contributed by atoms with Gasteiger partial charge in [-0.25, -0.2) is 0 Å². The van der Waals surface area contributed by atoms with Gasteiger partial charge in [0.2, 0.25) is 5.91 Å². The molecule has 0 saturated carbocycles. The van der Waals surface area contributed by atoms with Crippen molar-refractivity contribution in [3.63, 3.8) is 0 Å². The van der Waals surface area contributed by atoms with Crippen molar-refractivity contribution in [2.75, 3.05) is 6.54 Å². The van der Waals surface area contributed by atoms with Crippen LogP contribution in [0.3, 0.4) is 0 Å². The van der Waals surface area contributed by atoms with Gasteiger partial charge in [-0.3, -0.25) is 4.79 Å². The standard InChI is InChI=1S/C18H29NOS/c1-4-6-10-16(5-2)13-19-18(20)15(3)21-14-17-11-8-7-9-12-17/h7-9,11-12,15-16H,4-6,10,13-14H2,1-3H3,(H,19,20)/t15-,16-/m0/s1. The van der Waals surface area contributed by atoms with Crippen LogP contribution >= 0.6 is 11.8 Å². The first kappa shape index (κ1) is 18.1. The van der Waals surface area contributed by atoms with E-state index < -0.39 is 0 Å². The summed E-state index contributed by atoms with van der Waals surface area (Å²) >= 11 is 1.70. The van der Waals surface area contributed by atoms with Crippen molar-refractivity contribution in [1.82, 2.24) is 5.32 Å². The van der Waals surface area contributed by atoms with Crippen LogP contribution in [0.25, 0.3) is 0 Å². The van der Waals surface area contributed by atoms with E-state index in [-0.39, 0.29) is 11.2 Å². The van der Waals surface area contributed by atoms with E-state index in [0.29, 0.717) is 5.92 Å². The maximum Gasteiger partial charge on any atom is 0.232 e. The van der Waals surface area contributed by atoms with E-state index in [2.05, 4.69) is 31.3 Å². The number of nitrogens with one attached hydrogen (secondary N) is 1. The van der Waals surface area contributed by atoms with Gasteiger partial charge in [0.25, 0.3) is 0 Å². The topological polar surface area (TPSA) is 29.1 Å². The van der Waals surface area contributed by atoms with Crippen LogP contribution in [0, 0.1) is 5.92 Å². The third-order valence-electron chi connectivity index (χ3n) is 3.82. The molecule has 2 atom stereocenters. The second-order valence-electron chi connectivity index (χ2n) is 5.60. The molecule has 0 aromatic heterocycles. The number of thioether (sulfide) groups is 1. The summed E-state index contributed by atoms with van der Waals surface area (Å²) in [4.78, 5) is 12.1. The molecule has 1 amide bonds. The van der Waals surface area contributed by atoms with Crippen LogP contribution in [0.4, 0.5) is 0 Å². The van der Waals surface area contributed by atoms with E-state index >= 15 is 0 Å². The number of hydrogen-bond acceptors (Lipinski definition) is 2. The fraction of sp³-hybridized carbons (Fsp3) is 0.611. The van der Waals surface area contributed by atoms with Crippen molar-refractivity contribution in [3.8, 4) is 0 Å². The minimum absolute atomic E-state index is 0.00823. The molecular weight excluding hydrogens is 278 g/mol. The van der Waals surface area contributed by atoms with Gasteiger partial charge in [-0.15, -0.1) is 11.8 Å². The van der Waals surface area contributed by atoms with E-state index in [0.717, 1.165) is 18.7 Å². The van der Waals surface area contributed by atoms with Gasteiger partial charge < -0.3 is 5.32 Å². The lowest BCUT2D eigenvalue weighted by Crippen LogP contribution is -2.34. The largest absolute Gasteiger partial charge is 0.355 e. The maximum atomic E-state index is 12.1. The average Bonchev–Trinajstić information content (AvgIpc) is 2.53. The second kappa shape index (κ2) is 10.7.